The van der Waals surface area contributed by atoms with Gasteiger partial charge in [0.2, 0.25) is 12.2 Å². The van der Waals surface area contributed by atoms with Gasteiger partial charge in [-0.1, -0.05) is 0 Å². The second-order valence-electron chi connectivity index (χ2n) is 3.42. The minimum atomic E-state index is -0.992. The predicted octanol–water partition coefficient (Wildman–Crippen LogP) is 3.46. The van der Waals surface area contributed by atoms with Crippen molar-refractivity contribution in [2.45, 2.75) is 0 Å². The maximum atomic E-state index is 12.5. The molecular formula is C14H4F4N2O2Ti. The maximum Gasteiger partial charge on any atom is 2.00 e. The van der Waals surface area contributed by atoms with Crippen LogP contribution >= 0.6 is 0 Å². The molecule has 2 rings (SSSR count). The van der Waals surface area contributed by atoms with Gasteiger partial charge in [-0.05, 0) is 0 Å². The molecule has 0 fully saturated rings. The second-order valence-corrected chi connectivity index (χ2v) is 3.42. The molecule has 9 heteroatoms. The van der Waals surface area contributed by atoms with E-state index in [4.69, 9.17) is 0 Å². The molecule has 0 spiro atoms. The first kappa shape index (κ1) is 20.6. The third-order valence-corrected chi connectivity index (χ3v) is 2.02. The van der Waals surface area contributed by atoms with Crippen molar-refractivity contribution in [1.82, 2.24) is 0 Å². The van der Waals surface area contributed by atoms with Crippen molar-refractivity contribution in [3.05, 3.63) is 59.7 Å². The Morgan fingerprint density at radius 3 is 1.35 bits per heavy atom. The van der Waals surface area contributed by atoms with Crippen molar-refractivity contribution in [1.29, 1.82) is 0 Å². The molecule has 0 unspecified atom stereocenters. The summed E-state index contributed by atoms with van der Waals surface area (Å²) in [6.07, 6.45) is 2.27. The molecule has 0 aliphatic rings. The van der Waals surface area contributed by atoms with Gasteiger partial charge in [0.15, 0.2) is 0 Å². The maximum absolute atomic E-state index is 12.5. The number of hydrogen-bond donors (Lipinski definition) is 0. The zero-order valence-electron chi connectivity index (χ0n) is 11.0. The molecule has 0 atom stereocenters. The summed E-state index contributed by atoms with van der Waals surface area (Å²) in [6.45, 7) is 0. The molecule has 0 N–H and O–H groups in total. The van der Waals surface area contributed by atoms with Crippen LogP contribution in [0.2, 0.25) is 0 Å². The molecule has 0 aliphatic carbocycles. The first-order valence-corrected chi connectivity index (χ1v) is 5.38. The third-order valence-electron chi connectivity index (χ3n) is 2.02. The summed E-state index contributed by atoms with van der Waals surface area (Å²) in [4.78, 5) is 25.2. The van der Waals surface area contributed by atoms with Crippen LogP contribution in [-0.2, 0) is 31.3 Å². The van der Waals surface area contributed by atoms with Gasteiger partial charge in [0.25, 0.3) is 0 Å². The Hall–Kier alpha value is -2.37. The fourth-order valence-electron chi connectivity index (χ4n) is 1.14. The smallest absolute Gasteiger partial charge is 0.236 e. The number of nitrogens with zero attached hydrogens (tertiary/aromatic N) is 2. The van der Waals surface area contributed by atoms with Crippen molar-refractivity contribution >= 4 is 23.5 Å². The number of isocyanates is 2. The number of hydrogen-bond acceptors (Lipinski definition) is 4. The number of aliphatic imine (C=N–C) groups is 2. The summed E-state index contributed by atoms with van der Waals surface area (Å²) in [5.41, 5.74) is -0.525. The molecule has 0 saturated carbocycles. The van der Waals surface area contributed by atoms with Gasteiger partial charge in [0.1, 0.15) is 0 Å². The minimum absolute atomic E-state index is 0. The average molecular weight is 356 g/mol. The van der Waals surface area contributed by atoms with Crippen molar-refractivity contribution < 1.29 is 48.9 Å². The summed E-state index contributed by atoms with van der Waals surface area (Å²) in [6, 6.07) is 7.42. The number of halogens is 4. The van der Waals surface area contributed by atoms with E-state index in [-0.39, 0.29) is 33.1 Å². The fourth-order valence-corrected chi connectivity index (χ4v) is 1.14. The van der Waals surface area contributed by atoms with Crippen LogP contribution in [0.1, 0.15) is 0 Å². The van der Waals surface area contributed by atoms with Crippen LogP contribution in [-0.4, -0.2) is 12.2 Å². The second kappa shape index (κ2) is 10.4. The van der Waals surface area contributed by atoms with Crippen LogP contribution in [0.15, 0.2) is 34.3 Å². The van der Waals surface area contributed by atoms with Gasteiger partial charge in [-0.25, -0.2) is 37.1 Å². The molecule has 2 aromatic rings. The molecular weight excluding hydrogens is 352 g/mol. The summed E-state index contributed by atoms with van der Waals surface area (Å²) in [5, 5.41) is 0. The van der Waals surface area contributed by atoms with E-state index in [1.54, 1.807) is 12.1 Å². The Bertz CT molecular complexity index is 708. The van der Waals surface area contributed by atoms with E-state index in [2.05, 4.69) is 9.98 Å². The fraction of sp³-hybridized carbons (Fsp3) is 0. The topological polar surface area (TPSA) is 58.9 Å². The zero-order valence-corrected chi connectivity index (χ0v) is 12.6. The molecule has 0 amide bonds. The van der Waals surface area contributed by atoms with E-state index in [0.29, 0.717) is 0 Å². The summed E-state index contributed by atoms with van der Waals surface area (Å²) < 4.78 is 49.2. The van der Waals surface area contributed by atoms with Gasteiger partial charge in [-0.15, -0.1) is 36.4 Å². The van der Waals surface area contributed by atoms with Gasteiger partial charge >= 0.3 is 21.7 Å². The predicted molar refractivity (Wildman–Crippen MR) is 66.0 cm³/mol. The standard InChI is InChI=1S/2C7H2F2NO.Ti/c2*8-5-1-2-7(10-4-11)6(9)3-5;/h2*1-2H;/q2*-1;+2. The summed E-state index contributed by atoms with van der Waals surface area (Å²) in [5.74, 6) is -3.64. The third kappa shape index (κ3) is 6.95. The Morgan fingerprint density at radius 2 is 1.09 bits per heavy atom. The van der Waals surface area contributed by atoms with Crippen LogP contribution in [0, 0.1) is 35.4 Å². The van der Waals surface area contributed by atoms with Crippen molar-refractivity contribution in [2.75, 3.05) is 0 Å². The van der Waals surface area contributed by atoms with E-state index in [9.17, 15) is 27.2 Å². The van der Waals surface area contributed by atoms with Crippen molar-refractivity contribution in [3.8, 4) is 0 Å². The average Bonchev–Trinajstić information content (AvgIpc) is 2.46. The zero-order chi connectivity index (χ0) is 16.5. The molecule has 2 aromatic carbocycles. The van der Waals surface area contributed by atoms with E-state index < -0.39 is 23.3 Å². The quantitative estimate of drug-likeness (QED) is 0.272. The first-order valence-electron chi connectivity index (χ1n) is 5.38. The normalized spacial score (nSPS) is 8.52. The van der Waals surface area contributed by atoms with Crippen LogP contribution in [0.3, 0.4) is 0 Å². The minimum Gasteiger partial charge on any atom is -0.236 e. The van der Waals surface area contributed by atoms with Gasteiger partial charge in [0.05, 0.1) is 0 Å². The van der Waals surface area contributed by atoms with Crippen molar-refractivity contribution in [3.63, 3.8) is 0 Å². The number of rotatable bonds is 2. The molecule has 0 heterocycles. The van der Waals surface area contributed by atoms with Gasteiger partial charge in [-0.2, -0.15) is 0 Å². The van der Waals surface area contributed by atoms with Crippen molar-refractivity contribution in [2.24, 2.45) is 9.98 Å². The molecule has 4 nitrogen and oxygen atoms in total. The summed E-state index contributed by atoms with van der Waals surface area (Å²) >= 11 is 0. The van der Waals surface area contributed by atoms with E-state index >= 15 is 0 Å². The van der Waals surface area contributed by atoms with E-state index in [1.807, 2.05) is 0 Å². The van der Waals surface area contributed by atoms with E-state index in [0.717, 1.165) is 36.4 Å². The molecule has 0 aromatic heterocycles. The van der Waals surface area contributed by atoms with Crippen LogP contribution in [0.4, 0.5) is 28.9 Å². The molecule has 0 aliphatic heterocycles. The number of carbonyl (C=O) groups excluding carboxylic acids is 2. The van der Waals surface area contributed by atoms with Gasteiger partial charge in [0, 0.05) is 34.6 Å². The molecule has 0 radical (unpaired) electrons. The van der Waals surface area contributed by atoms with Crippen LogP contribution in [0.25, 0.3) is 0 Å². The van der Waals surface area contributed by atoms with Crippen LogP contribution < -0.4 is 0 Å². The largest absolute Gasteiger partial charge is 2.00 e. The van der Waals surface area contributed by atoms with E-state index in [1.165, 1.54) is 0 Å². The summed E-state index contributed by atoms with van der Waals surface area (Å²) in [7, 11) is 0. The number of benzene rings is 2. The Balaban J connectivity index is 0.000000403. The van der Waals surface area contributed by atoms with Crippen LogP contribution in [0.5, 0.6) is 0 Å². The molecule has 23 heavy (non-hydrogen) atoms. The monoisotopic (exact) mass is 356 g/mol. The molecule has 0 bridgehead atoms. The molecule has 0 saturated heterocycles. The first-order chi connectivity index (χ1) is 10.5. The van der Waals surface area contributed by atoms with Gasteiger partial charge < -0.3 is 0 Å². The Morgan fingerprint density at radius 1 is 0.739 bits per heavy atom. The Kier molecular flexibility index (Phi) is 9.31. The molecule has 114 valence electrons. The van der Waals surface area contributed by atoms with Gasteiger partial charge in [-0.3, -0.25) is 0 Å². The Labute approximate surface area is 142 Å². The SMILES string of the molecule is O=C=Nc1ccc(F)[c-]c1F.O=C=Nc1ccc(F)[c-]c1F.[Ti+2].